The molecule has 1 heterocycles. The van der Waals surface area contributed by atoms with Gasteiger partial charge in [0.2, 0.25) is 5.91 Å². The van der Waals surface area contributed by atoms with Crippen LogP contribution in [0.4, 0.5) is 5.69 Å². The Morgan fingerprint density at radius 2 is 1.93 bits per heavy atom. The summed E-state index contributed by atoms with van der Waals surface area (Å²) in [5, 5.41) is 6.19. The summed E-state index contributed by atoms with van der Waals surface area (Å²) in [7, 11) is 1.84. The van der Waals surface area contributed by atoms with E-state index in [0.29, 0.717) is 10.8 Å². The molecule has 0 aliphatic heterocycles. The van der Waals surface area contributed by atoms with Gasteiger partial charge in [-0.1, -0.05) is 23.9 Å². The van der Waals surface area contributed by atoms with Crippen molar-refractivity contribution in [2.24, 2.45) is 7.05 Å². The fraction of sp³-hybridized carbons (Fsp3) is 0.400. The number of benzene rings is 1. The number of esters is 1. The molecule has 8 nitrogen and oxygen atoms in total. The van der Waals surface area contributed by atoms with E-state index < -0.39 is 17.6 Å². The van der Waals surface area contributed by atoms with E-state index in [4.69, 9.17) is 4.74 Å². The molecule has 0 aliphatic rings. The van der Waals surface area contributed by atoms with Gasteiger partial charge < -0.3 is 19.9 Å². The van der Waals surface area contributed by atoms with Crippen molar-refractivity contribution >= 4 is 35.2 Å². The molecule has 156 valence electrons. The van der Waals surface area contributed by atoms with Gasteiger partial charge in [0.05, 0.1) is 17.0 Å². The Morgan fingerprint density at radius 1 is 1.24 bits per heavy atom. The van der Waals surface area contributed by atoms with Crippen LogP contribution < -0.4 is 10.6 Å². The van der Waals surface area contributed by atoms with Gasteiger partial charge in [0.25, 0.3) is 5.91 Å². The highest BCUT2D eigenvalue weighted by atomic mass is 32.2. The number of anilines is 1. The molecule has 0 bridgehead atoms. The number of carbonyl (C=O) groups is 3. The van der Waals surface area contributed by atoms with Crippen molar-refractivity contribution in [1.29, 1.82) is 0 Å². The van der Waals surface area contributed by atoms with E-state index in [0.717, 1.165) is 0 Å². The molecular formula is C20H26N4O4S. The number of thioether (sulfide) groups is 1. The molecule has 29 heavy (non-hydrogen) atoms. The first-order chi connectivity index (χ1) is 13.6. The highest BCUT2D eigenvalue weighted by Gasteiger charge is 2.24. The molecule has 0 spiro atoms. The summed E-state index contributed by atoms with van der Waals surface area (Å²) in [6, 6.07) is 6.51. The smallest absolute Gasteiger partial charge is 0.341 e. The minimum absolute atomic E-state index is 0.138. The number of carbonyl (C=O) groups excluding carboxylic acids is 3. The van der Waals surface area contributed by atoms with Crippen LogP contribution >= 0.6 is 11.8 Å². The van der Waals surface area contributed by atoms with Crippen LogP contribution in [0.2, 0.25) is 0 Å². The zero-order valence-corrected chi connectivity index (χ0v) is 18.0. The van der Waals surface area contributed by atoms with Crippen molar-refractivity contribution in [3.05, 3.63) is 42.2 Å². The van der Waals surface area contributed by atoms with E-state index in [1.54, 1.807) is 30.6 Å². The first-order valence-corrected chi connectivity index (χ1v) is 10.1. The molecular weight excluding hydrogens is 392 g/mol. The van der Waals surface area contributed by atoms with E-state index in [2.05, 4.69) is 15.6 Å². The fourth-order valence-corrected chi connectivity index (χ4v) is 3.06. The molecule has 2 aromatic rings. The SMILES string of the molecule is C[C@@H](OC(=O)c1ccccc1NC(=O)CSc1nccn1C)C(=O)NC(C)(C)C. The number of rotatable bonds is 7. The summed E-state index contributed by atoms with van der Waals surface area (Å²) in [6.07, 6.45) is 2.48. The molecule has 9 heteroatoms. The Hall–Kier alpha value is -2.81. The lowest BCUT2D eigenvalue weighted by atomic mass is 10.1. The number of aryl methyl sites for hydroxylation is 1. The highest BCUT2D eigenvalue weighted by Crippen LogP contribution is 2.19. The van der Waals surface area contributed by atoms with Gasteiger partial charge in [0.15, 0.2) is 11.3 Å². The molecule has 1 atom stereocenters. The topological polar surface area (TPSA) is 102 Å². The van der Waals surface area contributed by atoms with Crippen molar-refractivity contribution in [3.63, 3.8) is 0 Å². The molecule has 0 aliphatic carbocycles. The minimum Gasteiger partial charge on any atom is -0.449 e. The van der Waals surface area contributed by atoms with Crippen LogP contribution in [0.25, 0.3) is 0 Å². The second kappa shape index (κ2) is 9.60. The fourth-order valence-electron chi connectivity index (χ4n) is 2.33. The first-order valence-electron chi connectivity index (χ1n) is 9.09. The second-order valence-electron chi connectivity index (χ2n) is 7.49. The maximum atomic E-state index is 12.5. The van der Waals surface area contributed by atoms with E-state index in [-0.39, 0.29) is 23.1 Å². The van der Waals surface area contributed by atoms with Crippen molar-refractivity contribution in [1.82, 2.24) is 14.9 Å². The van der Waals surface area contributed by atoms with Crippen LogP contribution in [0.3, 0.4) is 0 Å². The van der Waals surface area contributed by atoms with E-state index in [1.807, 2.05) is 32.4 Å². The molecule has 1 aromatic carbocycles. The third kappa shape index (κ3) is 6.94. The largest absolute Gasteiger partial charge is 0.449 e. The third-order valence-electron chi connectivity index (χ3n) is 3.68. The lowest BCUT2D eigenvalue weighted by molar-refractivity contribution is -0.130. The molecule has 0 saturated heterocycles. The number of nitrogens with zero attached hydrogens (tertiary/aromatic N) is 2. The number of amides is 2. The van der Waals surface area contributed by atoms with Crippen LogP contribution in [-0.2, 0) is 21.4 Å². The summed E-state index contributed by atoms with van der Waals surface area (Å²) >= 11 is 1.29. The number of hydrogen-bond donors (Lipinski definition) is 2. The van der Waals surface area contributed by atoms with Crippen LogP contribution in [0.15, 0.2) is 41.8 Å². The Balaban J connectivity index is 2.00. The van der Waals surface area contributed by atoms with Gasteiger partial charge >= 0.3 is 5.97 Å². The Morgan fingerprint density at radius 3 is 2.55 bits per heavy atom. The van der Waals surface area contributed by atoms with Crippen molar-refractivity contribution in [2.45, 2.75) is 44.5 Å². The van der Waals surface area contributed by atoms with Gasteiger partial charge in [-0.05, 0) is 39.8 Å². The van der Waals surface area contributed by atoms with Crippen LogP contribution in [0.5, 0.6) is 0 Å². The number of imidazole rings is 1. The Bertz CT molecular complexity index is 889. The Kier molecular flexibility index (Phi) is 7.44. The average molecular weight is 419 g/mol. The predicted molar refractivity (Wildman–Crippen MR) is 112 cm³/mol. The third-order valence-corrected chi connectivity index (χ3v) is 4.74. The lowest BCUT2D eigenvalue weighted by Crippen LogP contribution is -2.46. The normalized spacial score (nSPS) is 12.2. The second-order valence-corrected chi connectivity index (χ2v) is 8.43. The number of hydrogen-bond acceptors (Lipinski definition) is 6. The number of para-hydroxylation sites is 1. The van der Waals surface area contributed by atoms with Gasteiger partial charge in [-0.25, -0.2) is 9.78 Å². The molecule has 0 saturated carbocycles. The predicted octanol–water partition coefficient (Wildman–Crippen LogP) is 2.61. The van der Waals surface area contributed by atoms with Crippen molar-refractivity contribution < 1.29 is 19.1 Å². The number of aromatic nitrogens is 2. The summed E-state index contributed by atoms with van der Waals surface area (Å²) in [5.74, 6) is -1.22. The highest BCUT2D eigenvalue weighted by molar-refractivity contribution is 7.99. The van der Waals surface area contributed by atoms with Crippen molar-refractivity contribution in [2.75, 3.05) is 11.1 Å². The maximum absolute atomic E-state index is 12.5. The van der Waals surface area contributed by atoms with Crippen LogP contribution in [0, 0.1) is 0 Å². The quantitative estimate of drug-likeness (QED) is 0.529. The van der Waals surface area contributed by atoms with E-state index in [9.17, 15) is 14.4 Å². The zero-order chi connectivity index (χ0) is 21.6. The van der Waals surface area contributed by atoms with Gasteiger partial charge in [-0.3, -0.25) is 9.59 Å². The molecule has 0 radical (unpaired) electrons. The average Bonchev–Trinajstić information content (AvgIpc) is 3.03. The van der Waals surface area contributed by atoms with Crippen LogP contribution in [0.1, 0.15) is 38.1 Å². The van der Waals surface area contributed by atoms with Crippen molar-refractivity contribution in [3.8, 4) is 0 Å². The van der Waals surface area contributed by atoms with Crippen LogP contribution in [-0.4, -0.2) is 44.7 Å². The lowest BCUT2D eigenvalue weighted by Gasteiger charge is -2.23. The Labute approximate surface area is 174 Å². The van der Waals surface area contributed by atoms with Gasteiger partial charge in [0.1, 0.15) is 0 Å². The molecule has 1 aromatic heterocycles. The first kappa shape index (κ1) is 22.5. The molecule has 0 unspecified atom stereocenters. The summed E-state index contributed by atoms with van der Waals surface area (Å²) in [4.78, 5) is 41.1. The van der Waals surface area contributed by atoms with E-state index in [1.165, 1.54) is 24.8 Å². The number of ether oxygens (including phenoxy) is 1. The standard InChI is InChI=1S/C20H26N4O4S/c1-13(17(26)23-20(2,3)4)28-18(27)14-8-6-7-9-15(14)22-16(25)12-29-19-21-10-11-24(19)5/h6-11,13H,12H2,1-5H3,(H,22,25)(H,23,26)/t13-/m1/s1. The summed E-state index contributed by atoms with van der Waals surface area (Å²) in [6.45, 7) is 7.03. The summed E-state index contributed by atoms with van der Waals surface area (Å²) < 4.78 is 7.09. The number of nitrogens with one attached hydrogen (secondary N) is 2. The summed E-state index contributed by atoms with van der Waals surface area (Å²) in [5.41, 5.74) is 0.0683. The molecule has 2 amide bonds. The van der Waals surface area contributed by atoms with Gasteiger partial charge in [0, 0.05) is 25.0 Å². The van der Waals surface area contributed by atoms with E-state index >= 15 is 0 Å². The maximum Gasteiger partial charge on any atom is 0.341 e. The molecule has 0 fully saturated rings. The van der Waals surface area contributed by atoms with Gasteiger partial charge in [-0.15, -0.1) is 0 Å². The molecule has 2 rings (SSSR count). The monoisotopic (exact) mass is 418 g/mol. The van der Waals surface area contributed by atoms with Gasteiger partial charge in [-0.2, -0.15) is 0 Å². The zero-order valence-electron chi connectivity index (χ0n) is 17.2. The molecule has 2 N–H and O–H groups in total. The minimum atomic E-state index is -0.968.